The molecular weight excluding hydrogens is 277 g/mol. The van der Waals surface area contributed by atoms with Crippen LogP contribution >= 0.6 is 11.8 Å². The molecule has 0 aromatic heterocycles. The Morgan fingerprint density at radius 3 is 2.70 bits per heavy atom. The van der Waals surface area contributed by atoms with Gasteiger partial charge in [-0.3, -0.25) is 9.59 Å². The molecule has 1 aromatic carbocycles. The third-order valence-corrected chi connectivity index (χ3v) is 4.63. The number of likely N-dealkylation sites (tertiary alicyclic amines) is 1. The molecule has 0 bridgehead atoms. The molecule has 1 aliphatic rings. The summed E-state index contributed by atoms with van der Waals surface area (Å²) in [6, 6.07) is 6.19. The Morgan fingerprint density at radius 1 is 1.45 bits per heavy atom. The summed E-state index contributed by atoms with van der Waals surface area (Å²) >= 11 is 1.27. The maximum atomic E-state index is 12.9. The summed E-state index contributed by atoms with van der Waals surface area (Å²) in [5.41, 5.74) is 0.930. The highest BCUT2D eigenvalue weighted by Crippen LogP contribution is 2.30. The second-order valence-electron chi connectivity index (χ2n) is 5.15. The van der Waals surface area contributed by atoms with Crippen molar-refractivity contribution in [3.05, 3.63) is 35.6 Å². The van der Waals surface area contributed by atoms with Gasteiger partial charge in [-0.25, -0.2) is 4.39 Å². The first-order chi connectivity index (χ1) is 9.47. The summed E-state index contributed by atoms with van der Waals surface area (Å²) in [5.74, 6) is 0.743. The molecule has 1 fully saturated rings. The molecule has 1 heterocycles. The first-order valence-electron chi connectivity index (χ1n) is 6.65. The number of halogens is 1. The highest BCUT2D eigenvalue weighted by atomic mass is 32.2. The van der Waals surface area contributed by atoms with E-state index >= 15 is 0 Å². The minimum atomic E-state index is -0.274. The lowest BCUT2D eigenvalue weighted by atomic mass is 10.1. The van der Waals surface area contributed by atoms with Gasteiger partial charge in [-0.05, 0) is 30.5 Å². The van der Waals surface area contributed by atoms with Gasteiger partial charge in [0.1, 0.15) is 5.82 Å². The zero-order valence-electron chi connectivity index (χ0n) is 11.6. The Balaban J connectivity index is 2.00. The number of benzene rings is 1. The molecule has 2 unspecified atom stereocenters. The van der Waals surface area contributed by atoms with E-state index in [1.165, 1.54) is 23.9 Å². The number of hydrogen-bond donors (Lipinski definition) is 0. The fourth-order valence-corrected chi connectivity index (χ4v) is 3.14. The van der Waals surface area contributed by atoms with E-state index in [1.54, 1.807) is 19.1 Å². The molecule has 3 nitrogen and oxygen atoms in total. The van der Waals surface area contributed by atoms with Crippen LogP contribution in [-0.2, 0) is 9.59 Å². The number of carbonyl (C=O) groups is 2. The van der Waals surface area contributed by atoms with E-state index in [1.807, 2.05) is 11.8 Å². The number of nitrogens with zero attached hydrogens (tertiary/aromatic N) is 1. The zero-order valence-corrected chi connectivity index (χ0v) is 12.5. The molecule has 1 aromatic rings. The van der Waals surface area contributed by atoms with E-state index < -0.39 is 0 Å². The molecule has 2 atom stereocenters. The molecule has 0 aliphatic carbocycles. The van der Waals surface area contributed by atoms with Crippen LogP contribution in [0.3, 0.4) is 0 Å². The van der Waals surface area contributed by atoms with Crippen molar-refractivity contribution in [3.8, 4) is 0 Å². The first-order valence-corrected chi connectivity index (χ1v) is 7.64. The maximum Gasteiger partial charge on any atom is 0.223 e. The van der Waals surface area contributed by atoms with Crippen molar-refractivity contribution >= 4 is 22.8 Å². The molecule has 20 heavy (non-hydrogen) atoms. The van der Waals surface area contributed by atoms with Crippen molar-refractivity contribution in [2.24, 2.45) is 5.92 Å². The molecule has 1 saturated heterocycles. The third-order valence-electron chi connectivity index (χ3n) is 3.58. The van der Waals surface area contributed by atoms with E-state index in [2.05, 4.69) is 0 Å². The fraction of sp³-hybridized carbons (Fsp3) is 0.467. The van der Waals surface area contributed by atoms with Crippen LogP contribution in [0.5, 0.6) is 0 Å². The van der Waals surface area contributed by atoms with Crippen molar-refractivity contribution in [2.75, 3.05) is 12.3 Å². The molecule has 1 aliphatic heterocycles. The van der Waals surface area contributed by atoms with Gasteiger partial charge in [0.25, 0.3) is 0 Å². The van der Waals surface area contributed by atoms with Crippen LogP contribution in [0.4, 0.5) is 4.39 Å². The molecule has 108 valence electrons. The lowest BCUT2D eigenvalue weighted by Crippen LogP contribution is -2.28. The van der Waals surface area contributed by atoms with Crippen LogP contribution < -0.4 is 0 Å². The third kappa shape index (κ3) is 3.60. The van der Waals surface area contributed by atoms with E-state index in [0.717, 1.165) is 5.56 Å². The SMILES string of the molecule is CC(=O)SCC1CC(=O)N(C(C)c2ccc(F)cc2)C1. The van der Waals surface area contributed by atoms with E-state index in [-0.39, 0.29) is 28.8 Å². The number of hydrogen-bond acceptors (Lipinski definition) is 3. The van der Waals surface area contributed by atoms with E-state index in [4.69, 9.17) is 0 Å². The van der Waals surface area contributed by atoms with Gasteiger partial charge in [-0.15, -0.1) is 0 Å². The van der Waals surface area contributed by atoms with E-state index in [0.29, 0.717) is 18.7 Å². The molecule has 5 heteroatoms. The Hall–Kier alpha value is -1.36. The fourth-order valence-electron chi connectivity index (χ4n) is 2.45. The summed E-state index contributed by atoms with van der Waals surface area (Å²) in [7, 11) is 0. The standard InChI is InChI=1S/C15H18FNO2S/c1-10(13-3-5-14(16)6-4-13)17-8-12(7-15(17)19)9-20-11(2)18/h3-6,10,12H,7-9H2,1-2H3. The highest BCUT2D eigenvalue weighted by Gasteiger charge is 2.33. The first kappa shape index (κ1) is 15.0. The molecule has 1 amide bonds. The predicted molar refractivity (Wildman–Crippen MR) is 77.8 cm³/mol. The second kappa shape index (κ2) is 6.39. The van der Waals surface area contributed by atoms with Crippen LogP contribution in [-0.4, -0.2) is 28.2 Å². The monoisotopic (exact) mass is 295 g/mol. The summed E-state index contributed by atoms with van der Waals surface area (Å²) in [5, 5.41) is 0.0856. The molecule has 0 radical (unpaired) electrons. The number of rotatable bonds is 4. The van der Waals surface area contributed by atoms with Gasteiger partial charge < -0.3 is 4.90 Å². The molecule has 2 rings (SSSR count). The van der Waals surface area contributed by atoms with Crippen molar-refractivity contribution < 1.29 is 14.0 Å². The van der Waals surface area contributed by atoms with Gasteiger partial charge in [-0.1, -0.05) is 23.9 Å². The van der Waals surface area contributed by atoms with Gasteiger partial charge in [-0.2, -0.15) is 0 Å². The van der Waals surface area contributed by atoms with Gasteiger partial charge in [0, 0.05) is 25.6 Å². The Kier molecular flexibility index (Phi) is 4.81. The smallest absolute Gasteiger partial charge is 0.223 e. The average Bonchev–Trinajstić information content (AvgIpc) is 2.78. The number of amides is 1. The molecule has 0 saturated carbocycles. The summed E-state index contributed by atoms with van der Waals surface area (Å²) in [4.78, 5) is 24.9. The number of carbonyl (C=O) groups excluding carboxylic acids is 2. The van der Waals surface area contributed by atoms with Gasteiger partial charge in [0.15, 0.2) is 5.12 Å². The van der Waals surface area contributed by atoms with Crippen LogP contribution in [0.25, 0.3) is 0 Å². The Morgan fingerprint density at radius 2 is 2.10 bits per heavy atom. The second-order valence-corrected chi connectivity index (χ2v) is 6.34. The normalized spacial score (nSPS) is 20.2. The van der Waals surface area contributed by atoms with Crippen LogP contribution in [0.1, 0.15) is 31.9 Å². The lowest BCUT2D eigenvalue weighted by molar-refractivity contribution is -0.129. The Labute approximate surface area is 122 Å². The minimum absolute atomic E-state index is 0.0598. The van der Waals surface area contributed by atoms with Crippen LogP contribution in [0, 0.1) is 11.7 Å². The molecule has 0 spiro atoms. The summed E-state index contributed by atoms with van der Waals surface area (Å²) in [6.45, 7) is 4.16. The van der Waals surface area contributed by atoms with Crippen molar-refractivity contribution in [3.63, 3.8) is 0 Å². The predicted octanol–water partition coefficient (Wildman–Crippen LogP) is 3.01. The lowest BCUT2D eigenvalue weighted by Gasteiger charge is -2.25. The zero-order chi connectivity index (χ0) is 14.7. The number of thioether (sulfide) groups is 1. The van der Waals surface area contributed by atoms with Gasteiger partial charge in [0.05, 0.1) is 6.04 Å². The average molecular weight is 295 g/mol. The van der Waals surface area contributed by atoms with Crippen molar-refractivity contribution in [1.29, 1.82) is 0 Å². The van der Waals surface area contributed by atoms with E-state index in [9.17, 15) is 14.0 Å². The largest absolute Gasteiger partial charge is 0.336 e. The Bertz CT molecular complexity index is 503. The van der Waals surface area contributed by atoms with Gasteiger partial charge in [0.2, 0.25) is 5.91 Å². The van der Waals surface area contributed by atoms with Crippen LogP contribution in [0.2, 0.25) is 0 Å². The maximum absolute atomic E-state index is 12.9. The summed E-state index contributed by atoms with van der Waals surface area (Å²) in [6.07, 6.45) is 0.492. The molecule has 0 N–H and O–H groups in total. The van der Waals surface area contributed by atoms with Gasteiger partial charge >= 0.3 is 0 Å². The van der Waals surface area contributed by atoms with Crippen molar-refractivity contribution in [2.45, 2.75) is 26.3 Å². The van der Waals surface area contributed by atoms with Crippen LogP contribution in [0.15, 0.2) is 24.3 Å². The molecular formula is C15H18FNO2S. The quantitative estimate of drug-likeness (QED) is 0.857. The van der Waals surface area contributed by atoms with Crippen molar-refractivity contribution in [1.82, 2.24) is 4.90 Å². The topological polar surface area (TPSA) is 37.4 Å². The summed E-state index contributed by atoms with van der Waals surface area (Å²) < 4.78 is 12.9. The minimum Gasteiger partial charge on any atom is -0.336 e. The highest BCUT2D eigenvalue weighted by molar-refractivity contribution is 8.13.